The number of halogens is 1. The average Bonchev–Trinajstić information content (AvgIpc) is 2.72. The number of hydrogen-bond acceptors (Lipinski definition) is 4. The summed E-state index contributed by atoms with van der Waals surface area (Å²) in [5.74, 6) is 0.845. The molecule has 3 heterocycles. The van der Waals surface area contributed by atoms with Crippen molar-refractivity contribution in [3.8, 4) is 5.75 Å². The first-order valence-electron chi connectivity index (χ1n) is 8.94. The molecule has 5 nitrogen and oxygen atoms in total. The Labute approximate surface area is 163 Å². The first-order valence-corrected chi connectivity index (χ1v) is 9.32. The number of carbonyl (C=O) groups is 1. The van der Waals surface area contributed by atoms with Crippen LogP contribution < -0.4 is 9.64 Å². The van der Waals surface area contributed by atoms with Gasteiger partial charge in [0.15, 0.2) is 0 Å². The predicted molar refractivity (Wildman–Crippen MR) is 107 cm³/mol. The first kappa shape index (κ1) is 17.6. The van der Waals surface area contributed by atoms with Crippen molar-refractivity contribution in [3.05, 3.63) is 71.0 Å². The third-order valence-corrected chi connectivity index (χ3v) is 5.00. The zero-order valence-electron chi connectivity index (χ0n) is 14.8. The van der Waals surface area contributed by atoms with Crippen molar-refractivity contribution in [2.45, 2.75) is 0 Å². The zero-order chi connectivity index (χ0) is 18.6. The van der Waals surface area contributed by atoms with Gasteiger partial charge in [0.25, 0.3) is 0 Å². The highest BCUT2D eigenvalue weighted by molar-refractivity contribution is 6.30. The molecule has 0 atom stereocenters. The quantitative estimate of drug-likeness (QED) is 0.764. The Morgan fingerprint density at radius 2 is 1.89 bits per heavy atom. The smallest absolute Gasteiger partial charge is 0.246 e. The van der Waals surface area contributed by atoms with Gasteiger partial charge in [-0.1, -0.05) is 17.7 Å². The van der Waals surface area contributed by atoms with Crippen LogP contribution in [0.2, 0.25) is 5.02 Å². The van der Waals surface area contributed by atoms with E-state index in [-0.39, 0.29) is 5.91 Å². The zero-order valence-corrected chi connectivity index (χ0v) is 15.6. The monoisotopic (exact) mass is 381 g/mol. The lowest BCUT2D eigenvalue weighted by Crippen LogP contribution is -2.48. The van der Waals surface area contributed by atoms with Crippen LogP contribution in [0.4, 0.5) is 5.69 Å². The normalized spacial score (nSPS) is 16.7. The number of anilines is 1. The molecule has 1 saturated heterocycles. The molecule has 0 aliphatic carbocycles. The maximum Gasteiger partial charge on any atom is 0.246 e. The molecule has 2 aliphatic heterocycles. The Morgan fingerprint density at radius 1 is 1.11 bits per heavy atom. The van der Waals surface area contributed by atoms with E-state index in [1.54, 1.807) is 18.5 Å². The second-order valence-electron chi connectivity index (χ2n) is 6.54. The number of amides is 1. The highest BCUT2D eigenvalue weighted by atomic mass is 35.5. The second kappa shape index (κ2) is 7.84. The third-order valence-electron chi connectivity index (χ3n) is 4.77. The van der Waals surface area contributed by atoms with E-state index in [0.717, 1.165) is 35.7 Å². The predicted octanol–water partition coefficient (Wildman–Crippen LogP) is 3.42. The number of ether oxygens (including phenoxy) is 1. The van der Waals surface area contributed by atoms with E-state index in [2.05, 4.69) is 9.88 Å². The molecule has 27 heavy (non-hydrogen) atoms. The molecule has 4 rings (SSSR count). The Morgan fingerprint density at radius 3 is 2.67 bits per heavy atom. The molecule has 1 aromatic carbocycles. The van der Waals surface area contributed by atoms with Crippen LogP contribution in [-0.4, -0.2) is 48.6 Å². The van der Waals surface area contributed by atoms with Gasteiger partial charge in [-0.3, -0.25) is 9.78 Å². The fourth-order valence-corrected chi connectivity index (χ4v) is 3.47. The van der Waals surface area contributed by atoms with Gasteiger partial charge in [0.2, 0.25) is 5.91 Å². The van der Waals surface area contributed by atoms with Gasteiger partial charge in [-0.15, -0.1) is 0 Å². The molecule has 2 aromatic rings. The Balaban J connectivity index is 1.36. The second-order valence-corrected chi connectivity index (χ2v) is 6.98. The molecular weight excluding hydrogens is 362 g/mol. The van der Waals surface area contributed by atoms with Crippen LogP contribution in [0.3, 0.4) is 0 Å². The third kappa shape index (κ3) is 4.14. The van der Waals surface area contributed by atoms with E-state index < -0.39 is 0 Å². The fourth-order valence-electron chi connectivity index (χ4n) is 3.29. The minimum atomic E-state index is 0.0298. The molecule has 1 fully saturated rings. The lowest BCUT2D eigenvalue weighted by molar-refractivity contribution is -0.126. The van der Waals surface area contributed by atoms with Crippen LogP contribution in [0, 0.1) is 0 Å². The number of nitrogens with zero attached hydrogens (tertiary/aromatic N) is 3. The Kier molecular flexibility index (Phi) is 5.12. The van der Waals surface area contributed by atoms with Gasteiger partial charge in [-0.2, -0.15) is 0 Å². The van der Waals surface area contributed by atoms with Crippen molar-refractivity contribution in [2.75, 3.05) is 37.7 Å². The van der Waals surface area contributed by atoms with Crippen LogP contribution >= 0.6 is 11.6 Å². The molecule has 0 N–H and O–H groups in total. The average molecular weight is 382 g/mol. The van der Waals surface area contributed by atoms with Crippen LogP contribution in [0.1, 0.15) is 5.56 Å². The lowest BCUT2D eigenvalue weighted by atomic mass is 10.1. The summed E-state index contributed by atoms with van der Waals surface area (Å²) >= 11 is 6.04. The summed E-state index contributed by atoms with van der Waals surface area (Å²) in [4.78, 5) is 20.7. The Bertz CT molecular complexity index is 888. The standard InChI is InChI=1S/C21H20ClN3O2/c22-18-2-3-20-17(14-18)13-16(15-27-20)1-4-21(26)25-11-9-24(10-12-25)19-5-7-23-8-6-19/h1-8,13-14H,9-12,15H2/b4-1+. The molecule has 2 aliphatic rings. The van der Waals surface area contributed by atoms with Crippen molar-refractivity contribution >= 4 is 29.3 Å². The number of carbonyl (C=O) groups excluding carboxylic acids is 1. The van der Waals surface area contributed by atoms with E-state index in [0.29, 0.717) is 24.7 Å². The van der Waals surface area contributed by atoms with E-state index in [1.807, 2.05) is 47.4 Å². The summed E-state index contributed by atoms with van der Waals surface area (Å²) in [5, 5.41) is 0.668. The summed E-state index contributed by atoms with van der Waals surface area (Å²) < 4.78 is 5.72. The fraction of sp³-hybridized carbons (Fsp3) is 0.238. The number of pyridine rings is 1. The van der Waals surface area contributed by atoms with E-state index in [9.17, 15) is 4.79 Å². The van der Waals surface area contributed by atoms with Gasteiger partial charge in [0.1, 0.15) is 12.4 Å². The van der Waals surface area contributed by atoms with Crippen molar-refractivity contribution in [2.24, 2.45) is 0 Å². The van der Waals surface area contributed by atoms with Crippen molar-refractivity contribution in [1.82, 2.24) is 9.88 Å². The van der Waals surface area contributed by atoms with Gasteiger partial charge >= 0.3 is 0 Å². The number of rotatable bonds is 3. The van der Waals surface area contributed by atoms with Crippen LogP contribution in [0.5, 0.6) is 5.75 Å². The summed E-state index contributed by atoms with van der Waals surface area (Å²) in [6.07, 6.45) is 9.06. The maximum absolute atomic E-state index is 12.5. The van der Waals surface area contributed by atoms with Crippen LogP contribution in [0.25, 0.3) is 6.08 Å². The molecule has 1 aromatic heterocycles. The van der Waals surface area contributed by atoms with Crippen molar-refractivity contribution in [1.29, 1.82) is 0 Å². The first-order chi connectivity index (χ1) is 13.2. The van der Waals surface area contributed by atoms with Crippen LogP contribution in [-0.2, 0) is 4.79 Å². The summed E-state index contributed by atoms with van der Waals surface area (Å²) in [6.45, 7) is 3.51. The van der Waals surface area contributed by atoms with E-state index in [4.69, 9.17) is 16.3 Å². The molecule has 0 saturated carbocycles. The van der Waals surface area contributed by atoms with Gasteiger partial charge in [0.05, 0.1) is 0 Å². The largest absolute Gasteiger partial charge is 0.488 e. The van der Waals surface area contributed by atoms with Gasteiger partial charge in [-0.25, -0.2) is 0 Å². The molecule has 6 heteroatoms. The molecule has 0 bridgehead atoms. The number of hydrogen-bond donors (Lipinski definition) is 0. The summed E-state index contributed by atoms with van der Waals surface area (Å²) in [7, 11) is 0. The number of piperazine rings is 1. The maximum atomic E-state index is 12.5. The summed E-state index contributed by atoms with van der Waals surface area (Å²) in [5.41, 5.74) is 3.04. The van der Waals surface area contributed by atoms with Gasteiger partial charge in [0, 0.05) is 60.9 Å². The summed E-state index contributed by atoms with van der Waals surface area (Å²) in [6, 6.07) is 9.53. The van der Waals surface area contributed by atoms with Crippen molar-refractivity contribution in [3.63, 3.8) is 0 Å². The number of aromatic nitrogens is 1. The van der Waals surface area contributed by atoms with E-state index >= 15 is 0 Å². The SMILES string of the molecule is O=C(/C=C/C1=Cc2cc(Cl)ccc2OC1)N1CCN(c2ccncc2)CC1. The molecule has 138 valence electrons. The van der Waals surface area contributed by atoms with Gasteiger partial charge < -0.3 is 14.5 Å². The van der Waals surface area contributed by atoms with Gasteiger partial charge in [-0.05, 0) is 42.0 Å². The number of benzene rings is 1. The molecule has 0 spiro atoms. The number of fused-ring (bicyclic) bond motifs is 1. The van der Waals surface area contributed by atoms with Crippen molar-refractivity contribution < 1.29 is 9.53 Å². The topological polar surface area (TPSA) is 45.7 Å². The van der Waals surface area contributed by atoms with E-state index in [1.165, 1.54) is 0 Å². The minimum Gasteiger partial charge on any atom is -0.488 e. The highest BCUT2D eigenvalue weighted by Crippen LogP contribution is 2.29. The van der Waals surface area contributed by atoms with Crippen LogP contribution in [0.15, 0.2) is 60.5 Å². The molecule has 0 unspecified atom stereocenters. The minimum absolute atomic E-state index is 0.0298. The Hall–Kier alpha value is -2.79. The molecule has 0 radical (unpaired) electrons. The molecular formula is C21H20ClN3O2. The molecule has 1 amide bonds. The highest BCUT2D eigenvalue weighted by Gasteiger charge is 2.20. The lowest BCUT2D eigenvalue weighted by Gasteiger charge is -2.35.